The van der Waals surface area contributed by atoms with Crippen molar-refractivity contribution >= 4 is 28.2 Å². The number of aromatic hydroxyl groups is 2. The van der Waals surface area contributed by atoms with E-state index in [-0.39, 0.29) is 45.8 Å². The number of phenols is 1. The molecule has 1 atom stereocenters. The third-order valence-corrected chi connectivity index (χ3v) is 6.78. The van der Waals surface area contributed by atoms with Gasteiger partial charge in [0.1, 0.15) is 40.3 Å². The molecule has 6 N–H and O–H groups in total. The fraction of sp³-hybridized carbons (Fsp3) is 0.0333. The van der Waals surface area contributed by atoms with Crippen LogP contribution in [0.25, 0.3) is 22.3 Å². The van der Waals surface area contributed by atoms with Gasteiger partial charge in [0.15, 0.2) is 0 Å². The summed E-state index contributed by atoms with van der Waals surface area (Å²) in [6.45, 7) is 0. The van der Waals surface area contributed by atoms with E-state index < -0.39 is 11.5 Å². The number of hydrogen-bond donors (Lipinski definition) is 4. The van der Waals surface area contributed by atoms with Crippen LogP contribution in [-0.2, 0) is 0 Å². The molecule has 3 aromatic carbocycles. The lowest BCUT2D eigenvalue weighted by molar-refractivity contribution is 0.450. The Balaban J connectivity index is 1.67. The molecule has 1 unspecified atom stereocenters. The SMILES string of the molecule is N#Cc1c(N)nc2c(c1N)C(c1ccc(O)cc1)C=C(c1c(O)c3ccccc3n(-c3ccccc3)c1=O)O2. The monoisotopic (exact) mass is 515 g/mol. The van der Waals surface area contributed by atoms with E-state index in [1.165, 1.54) is 16.7 Å². The molecule has 190 valence electrons. The second-order valence-electron chi connectivity index (χ2n) is 9.04. The quantitative estimate of drug-likeness (QED) is 0.275. The molecule has 0 saturated carbocycles. The smallest absolute Gasteiger partial charge is 0.270 e. The van der Waals surface area contributed by atoms with Crippen molar-refractivity contribution < 1.29 is 14.9 Å². The molecule has 39 heavy (non-hydrogen) atoms. The highest BCUT2D eigenvalue weighted by atomic mass is 16.5. The van der Waals surface area contributed by atoms with E-state index in [9.17, 15) is 20.3 Å². The standard InChI is InChI=1S/C30H21N5O4/c31-15-21-26(32)24-20(16-10-12-18(36)13-11-16)14-23(39-29(24)34-28(21)33)25-27(37)19-8-4-5-9-22(19)35(30(25)38)17-6-2-1-3-7-17/h1-14,20,36-37H,(H4,32,33,34). The van der Waals surface area contributed by atoms with Gasteiger partial charge in [-0.25, -0.2) is 0 Å². The summed E-state index contributed by atoms with van der Waals surface area (Å²) in [5, 5.41) is 31.3. The number of pyridine rings is 2. The Morgan fingerprint density at radius 2 is 1.64 bits per heavy atom. The highest BCUT2D eigenvalue weighted by Crippen LogP contribution is 2.46. The fourth-order valence-corrected chi connectivity index (χ4v) is 4.94. The second kappa shape index (κ2) is 8.97. The van der Waals surface area contributed by atoms with E-state index in [0.29, 0.717) is 27.7 Å². The zero-order valence-electron chi connectivity index (χ0n) is 20.4. The van der Waals surface area contributed by atoms with E-state index in [4.69, 9.17) is 16.2 Å². The predicted octanol–water partition coefficient (Wildman–Crippen LogP) is 4.40. The number of aromatic nitrogens is 2. The molecule has 5 aromatic rings. The number of hydrogen-bond acceptors (Lipinski definition) is 8. The van der Waals surface area contributed by atoms with Crippen LogP contribution in [0.2, 0.25) is 0 Å². The van der Waals surface area contributed by atoms with Crippen LogP contribution in [0.15, 0.2) is 89.7 Å². The summed E-state index contributed by atoms with van der Waals surface area (Å²) < 4.78 is 7.62. The van der Waals surface area contributed by atoms with Crippen LogP contribution < -0.4 is 21.8 Å². The van der Waals surface area contributed by atoms with Crippen LogP contribution in [0.3, 0.4) is 0 Å². The molecule has 6 rings (SSSR count). The number of phenolic OH excluding ortho intramolecular Hbond substituents is 1. The second-order valence-corrected chi connectivity index (χ2v) is 9.04. The number of nitrogens with two attached hydrogens (primary N) is 2. The Labute approximate surface area is 222 Å². The minimum atomic E-state index is -0.639. The predicted molar refractivity (Wildman–Crippen MR) is 148 cm³/mol. The van der Waals surface area contributed by atoms with Crippen LogP contribution >= 0.6 is 0 Å². The lowest BCUT2D eigenvalue weighted by Gasteiger charge is -2.27. The summed E-state index contributed by atoms with van der Waals surface area (Å²) in [5.74, 6) is -0.887. The van der Waals surface area contributed by atoms with Crippen molar-refractivity contribution in [1.82, 2.24) is 9.55 Å². The Morgan fingerprint density at radius 3 is 2.36 bits per heavy atom. The van der Waals surface area contributed by atoms with Gasteiger partial charge in [-0.1, -0.05) is 42.5 Å². The first kappa shape index (κ1) is 23.6. The molecule has 0 saturated heterocycles. The van der Waals surface area contributed by atoms with Gasteiger partial charge in [0.2, 0.25) is 5.88 Å². The molecule has 3 heterocycles. The van der Waals surface area contributed by atoms with E-state index in [1.807, 2.05) is 24.3 Å². The van der Waals surface area contributed by atoms with Crippen LogP contribution in [0.4, 0.5) is 11.5 Å². The number of rotatable bonds is 3. The van der Waals surface area contributed by atoms with Gasteiger partial charge in [0.25, 0.3) is 5.56 Å². The van der Waals surface area contributed by atoms with Crippen LogP contribution in [0.1, 0.15) is 28.2 Å². The van der Waals surface area contributed by atoms with E-state index in [2.05, 4.69) is 4.98 Å². The largest absolute Gasteiger partial charge is 0.508 e. The molecule has 1 aliphatic heterocycles. The Morgan fingerprint density at radius 1 is 0.949 bits per heavy atom. The van der Waals surface area contributed by atoms with Crippen molar-refractivity contribution in [3.05, 3.63) is 118 Å². The number of fused-ring (bicyclic) bond motifs is 2. The molecule has 0 bridgehead atoms. The molecule has 0 spiro atoms. The molecule has 1 aliphatic rings. The zero-order valence-corrected chi connectivity index (χ0v) is 20.4. The number of para-hydroxylation sites is 2. The number of benzene rings is 3. The highest BCUT2D eigenvalue weighted by molar-refractivity contribution is 5.92. The van der Waals surface area contributed by atoms with Crippen molar-refractivity contribution in [3.8, 4) is 29.1 Å². The van der Waals surface area contributed by atoms with Gasteiger partial charge < -0.3 is 26.4 Å². The lowest BCUT2D eigenvalue weighted by Crippen LogP contribution is -2.25. The van der Waals surface area contributed by atoms with Gasteiger partial charge in [-0.3, -0.25) is 9.36 Å². The van der Waals surface area contributed by atoms with Gasteiger partial charge in [-0.15, -0.1) is 0 Å². The molecule has 0 amide bonds. The molecule has 0 fully saturated rings. The number of anilines is 2. The van der Waals surface area contributed by atoms with Crippen molar-refractivity contribution in [2.75, 3.05) is 11.5 Å². The topological polar surface area (TPSA) is 160 Å². The normalized spacial score (nSPS) is 14.2. The third-order valence-electron chi connectivity index (χ3n) is 6.78. The van der Waals surface area contributed by atoms with Crippen LogP contribution in [0, 0.1) is 11.3 Å². The first-order valence-corrected chi connectivity index (χ1v) is 12.0. The molecule has 2 aromatic heterocycles. The summed E-state index contributed by atoms with van der Waals surface area (Å²) >= 11 is 0. The average molecular weight is 516 g/mol. The van der Waals surface area contributed by atoms with E-state index in [0.717, 1.165) is 0 Å². The van der Waals surface area contributed by atoms with Crippen LogP contribution in [-0.4, -0.2) is 19.8 Å². The first-order valence-electron chi connectivity index (χ1n) is 12.0. The van der Waals surface area contributed by atoms with Gasteiger partial charge >= 0.3 is 0 Å². The number of nitrogens with zero attached hydrogens (tertiary/aromatic N) is 3. The average Bonchev–Trinajstić information content (AvgIpc) is 2.94. The number of allylic oxidation sites excluding steroid dienone is 1. The summed E-state index contributed by atoms with van der Waals surface area (Å²) in [6, 6.07) is 24.5. The van der Waals surface area contributed by atoms with Gasteiger partial charge in [0, 0.05) is 17.0 Å². The van der Waals surface area contributed by atoms with Gasteiger partial charge in [-0.05, 0) is 48.0 Å². The van der Waals surface area contributed by atoms with Crippen molar-refractivity contribution in [2.45, 2.75) is 5.92 Å². The third kappa shape index (κ3) is 3.70. The van der Waals surface area contributed by atoms with Crippen molar-refractivity contribution in [3.63, 3.8) is 0 Å². The van der Waals surface area contributed by atoms with Crippen molar-refractivity contribution in [1.29, 1.82) is 5.26 Å². The van der Waals surface area contributed by atoms with Crippen molar-refractivity contribution in [2.24, 2.45) is 0 Å². The molecule has 9 heteroatoms. The maximum atomic E-state index is 14.1. The Kier molecular flexibility index (Phi) is 5.44. The molecular weight excluding hydrogens is 494 g/mol. The zero-order chi connectivity index (χ0) is 27.3. The summed E-state index contributed by atoms with van der Waals surface area (Å²) in [5.41, 5.74) is 14.1. The molecule has 9 nitrogen and oxygen atoms in total. The summed E-state index contributed by atoms with van der Waals surface area (Å²) in [4.78, 5) is 18.4. The molecular formula is C30H21N5O4. The number of ether oxygens (including phenoxy) is 1. The fourth-order valence-electron chi connectivity index (χ4n) is 4.94. The van der Waals surface area contributed by atoms with Gasteiger partial charge in [0.05, 0.1) is 16.8 Å². The van der Waals surface area contributed by atoms with Gasteiger partial charge in [-0.2, -0.15) is 10.2 Å². The minimum absolute atomic E-state index is 0.0118. The number of nitrogen functional groups attached to an aromatic ring is 2. The minimum Gasteiger partial charge on any atom is -0.508 e. The number of nitriles is 1. The Bertz CT molecular complexity index is 1910. The van der Waals surface area contributed by atoms with Crippen LogP contribution in [0.5, 0.6) is 17.4 Å². The summed E-state index contributed by atoms with van der Waals surface area (Å²) in [7, 11) is 0. The Hall–Kier alpha value is -5.75. The maximum absolute atomic E-state index is 14.1. The molecule has 0 radical (unpaired) electrons. The first-order chi connectivity index (χ1) is 18.9. The molecule has 0 aliphatic carbocycles. The van der Waals surface area contributed by atoms with E-state index >= 15 is 0 Å². The summed E-state index contributed by atoms with van der Waals surface area (Å²) in [6.07, 6.45) is 1.64. The highest BCUT2D eigenvalue weighted by Gasteiger charge is 2.33. The van der Waals surface area contributed by atoms with E-state index in [1.54, 1.807) is 54.6 Å². The maximum Gasteiger partial charge on any atom is 0.270 e. The lowest BCUT2D eigenvalue weighted by atomic mass is 9.87.